The number of rotatable bonds is 2. The Morgan fingerprint density at radius 1 is 1.35 bits per heavy atom. The maximum absolute atomic E-state index is 10.7. The Morgan fingerprint density at radius 3 is 2.94 bits per heavy atom. The van der Waals surface area contributed by atoms with E-state index in [1.807, 2.05) is 0 Å². The minimum absolute atomic E-state index is 0.273. The quantitative estimate of drug-likeness (QED) is 0.735. The number of hydrogen-bond donors (Lipinski definition) is 1. The summed E-state index contributed by atoms with van der Waals surface area (Å²) < 4.78 is 5.29. The lowest BCUT2D eigenvalue weighted by molar-refractivity contribution is 0.111. The molecule has 3 heterocycles. The van der Waals surface area contributed by atoms with Gasteiger partial charge in [-0.2, -0.15) is 0 Å². The summed E-state index contributed by atoms with van der Waals surface area (Å²) in [5.74, 6) is 1.03. The van der Waals surface area contributed by atoms with Crippen LogP contribution in [0.1, 0.15) is 10.6 Å². The highest BCUT2D eigenvalue weighted by atomic mass is 16.5. The number of aromatic nitrogens is 4. The molecule has 1 aliphatic rings. The topological polar surface area (TPSA) is 84.0 Å². The lowest BCUT2D eigenvalue weighted by atomic mass is 10.4. The smallest absolute Gasteiger partial charge is 0.185 e. The number of ether oxygens (including phenoxy) is 1. The monoisotopic (exact) mass is 233 g/mol. The fraction of sp³-hybridized carbons (Fsp3) is 0.400. The summed E-state index contributed by atoms with van der Waals surface area (Å²) in [5, 5.41) is 0. The van der Waals surface area contributed by atoms with Crippen LogP contribution in [0.4, 0.5) is 5.82 Å². The third kappa shape index (κ3) is 1.74. The molecule has 7 heteroatoms. The molecule has 0 radical (unpaired) electrons. The zero-order valence-corrected chi connectivity index (χ0v) is 9.09. The molecule has 17 heavy (non-hydrogen) atoms. The SMILES string of the molecule is O=Cc1nc2c(N3CCOCC3)ncnc2[nH]1. The van der Waals surface area contributed by atoms with Crippen molar-refractivity contribution >= 4 is 23.3 Å². The average molecular weight is 233 g/mol. The number of carbonyl (C=O) groups excluding carboxylic acids is 1. The van der Waals surface area contributed by atoms with Crippen molar-refractivity contribution < 1.29 is 9.53 Å². The molecule has 2 aromatic heterocycles. The summed E-state index contributed by atoms with van der Waals surface area (Å²) in [6.45, 7) is 2.90. The van der Waals surface area contributed by atoms with Crippen LogP contribution >= 0.6 is 0 Å². The molecular weight excluding hydrogens is 222 g/mol. The van der Waals surface area contributed by atoms with Gasteiger partial charge in [0.1, 0.15) is 6.33 Å². The van der Waals surface area contributed by atoms with Gasteiger partial charge in [-0.3, -0.25) is 4.79 Å². The molecule has 2 aromatic rings. The predicted octanol–water partition coefficient (Wildman–Crippen LogP) is 0.00200. The summed E-state index contributed by atoms with van der Waals surface area (Å²) in [5.41, 5.74) is 1.22. The molecule has 1 N–H and O–H groups in total. The summed E-state index contributed by atoms with van der Waals surface area (Å²) in [4.78, 5) is 28.1. The summed E-state index contributed by atoms with van der Waals surface area (Å²) >= 11 is 0. The lowest BCUT2D eigenvalue weighted by Crippen LogP contribution is -2.36. The molecule has 1 saturated heterocycles. The number of morpholine rings is 1. The molecule has 0 spiro atoms. The molecule has 1 aliphatic heterocycles. The normalized spacial score (nSPS) is 16.4. The van der Waals surface area contributed by atoms with E-state index in [1.54, 1.807) is 0 Å². The Balaban J connectivity index is 2.08. The molecule has 1 fully saturated rings. The second-order valence-corrected chi connectivity index (χ2v) is 3.73. The van der Waals surface area contributed by atoms with E-state index in [0.717, 1.165) is 18.9 Å². The number of aldehydes is 1. The largest absolute Gasteiger partial charge is 0.378 e. The van der Waals surface area contributed by atoms with Crippen molar-refractivity contribution in [2.24, 2.45) is 0 Å². The number of aromatic amines is 1. The third-order valence-electron chi connectivity index (χ3n) is 2.70. The van der Waals surface area contributed by atoms with Gasteiger partial charge in [-0.15, -0.1) is 0 Å². The minimum atomic E-state index is 0.273. The first-order valence-corrected chi connectivity index (χ1v) is 5.37. The van der Waals surface area contributed by atoms with E-state index in [-0.39, 0.29) is 5.82 Å². The first kappa shape index (κ1) is 10.2. The fourth-order valence-electron chi connectivity index (χ4n) is 1.90. The van der Waals surface area contributed by atoms with E-state index >= 15 is 0 Å². The molecule has 0 saturated carbocycles. The van der Waals surface area contributed by atoms with Crippen LogP contribution in [-0.4, -0.2) is 52.5 Å². The van der Waals surface area contributed by atoms with Crippen LogP contribution in [-0.2, 0) is 4.74 Å². The molecule has 88 valence electrons. The Labute approximate surface area is 96.8 Å². The van der Waals surface area contributed by atoms with Gasteiger partial charge in [0, 0.05) is 13.1 Å². The van der Waals surface area contributed by atoms with Gasteiger partial charge in [-0.25, -0.2) is 15.0 Å². The van der Waals surface area contributed by atoms with Crippen LogP contribution in [0.3, 0.4) is 0 Å². The van der Waals surface area contributed by atoms with E-state index in [9.17, 15) is 4.79 Å². The molecule has 0 atom stereocenters. The van der Waals surface area contributed by atoms with Crippen molar-refractivity contribution in [3.8, 4) is 0 Å². The van der Waals surface area contributed by atoms with Crippen molar-refractivity contribution in [2.45, 2.75) is 0 Å². The molecule has 0 aliphatic carbocycles. The maximum Gasteiger partial charge on any atom is 0.185 e. The van der Waals surface area contributed by atoms with E-state index < -0.39 is 0 Å². The van der Waals surface area contributed by atoms with Crippen molar-refractivity contribution in [1.82, 2.24) is 19.9 Å². The van der Waals surface area contributed by atoms with Crippen LogP contribution < -0.4 is 4.90 Å². The Kier molecular flexibility index (Phi) is 2.45. The zero-order valence-electron chi connectivity index (χ0n) is 9.09. The number of nitrogens with one attached hydrogen (secondary N) is 1. The van der Waals surface area contributed by atoms with Gasteiger partial charge >= 0.3 is 0 Å². The molecule has 0 unspecified atom stereocenters. The Bertz CT molecular complexity index is 547. The van der Waals surface area contributed by atoms with Crippen molar-refractivity contribution in [2.75, 3.05) is 31.2 Å². The van der Waals surface area contributed by atoms with Gasteiger partial charge in [0.25, 0.3) is 0 Å². The summed E-state index contributed by atoms with van der Waals surface area (Å²) in [7, 11) is 0. The van der Waals surface area contributed by atoms with Gasteiger partial charge in [0.15, 0.2) is 29.1 Å². The van der Waals surface area contributed by atoms with Crippen molar-refractivity contribution in [1.29, 1.82) is 0 Å². The second-order valence-electron chi connectivity index (χ2n) is 3.73. The van der Waals surface area contributed by atoms with E-state index in [1.165, 1.54) is 6.33 Å². The highest BCUT2D eigenvalue weighted by molar-refractivity contribution is 5.87. The van der Waals surface area contributed by atoms with Crippen LogP contribution in [0.5, 0.6) is 0 Å². The van der Waals surface area contributed by atoms with Crippen molar-refractivity contribution in [3.63, 3.8) is 0 Å². The number of fused-ring (bicyclic) bond motifs is 1. The second kappa shape index (κ2) is 4.10. The Morgan fingerprint density at radius 2 is 2.18 bits per heavy atom. The first-order valence-electron chi connectivity index (χ1n) is 5.37. The van der Waals surface area contributed by atoms with Gasteiger partial charge in [0.05, 0.1) is 13.2 Å². The summed E-state index contributed by atoms with van der Waals surface area (Å²) in [6.07, 6.45) is 2.14. The number of imidazole rings is 1. The molecule has 0 amide bonds. The van der Waals surface area contributed by atoms with E-state index in [2.05, 4.69) is 24.8 Å². The third-order valence-corrected chi connectivity index (χ3v) is 2.70. The number of carbonyl (C=O) groups is 1. The van der Waals surface area contributed by atoms with E-state index in [4.69, 9.17) is 4.74 Å². The average Bonchev–Trinajstić information content (AvgIpc) is 2.82. The van der Waals surface area contributed by atoms with Gasteiger partial charge in [0.2, 0.25) is 0 Å². The molecule has 7 nitrogen and oxygen atoms in total. The Hall–Kier alpha value is -2.02. The van der Waals surface area contributed by atoms with Crippen LogP contribution in [0, 0.1) is 0 Å². The van der Waals surface area contributed by atoms with Gasteiger partial charge < -0.3 is 14.6 Å². The summed E-state index contributed by atoms with van der Waals surface area (Å²) in [6, 6.07) is 0. The van der Waals surface area contributed by atoms with Crippen LogP contribution in [0.2, 0.25) is 0 Å². The van der Waals surface area contributed by atoms with E-state index in [0.29, 0.717) is 30.7 Å². The van der Waals surface area contributed by atoms with Crippen LogP contribution in [0.25, 0.3) is 11.2 Å². The standard InChI is InChI=1S/C10H11N5O2/c16-5-7-13-8-9(14-7)11-6-12-10(8)15-1-3-17-4-2-15/h5-6H,1-4H2,(H,11,12,13,14). The lowest BCUT2D eigenvalue weighted by Gasteiger charge is -2.27. The minimum Gasteiger partial charge on any atom is -0.378 e. The van der Waals surface area contributed by atoms with Crippen molar-refractivity contribution in [3.05, 3.63) is 12.2 Å². The fourth-order valence-corrected chi connectivity index (χ4v) is 1.90. The molecule has 3 rings (SSSR count). The van der Waals surface area contributed by atoms with Crippen LogP contribution in [0.15, 0.2) is 6.33 Å². The number of H-pyrrole nitrogens is 1. The predicted molar refractivity (Wildman–Crippen MR) is 60.1 cm³/mol. The van der Waals surface area contributed by atoms with Gasteiger partial charge in [-0.05, 0) is 0 Å². The number of nitrogens with zero attached hydrogens (tertiary/aromatic N) is 4. The molecule has 0 bridgehead atoms. The molecule has 0 aromatic carbocycles. The number of hydrogen-bond acceptors (Lipinski definition) is 6. The first-order chi connectivity index (χ1) is 8.38. The highest BCUT2D eigenvalue weighted by Gasteiger charge is 2.17. The highest BCUT2D eigenvalue weighted by Crippen LogP contribution is 2.21. The molecular formula is C10H11N5O2. The maximum atomic E-state index is 10.7. The van der Waals surface area contributed by atoms with Gasteiger partial charge in [-0.1, -0.05) is 0 Å². The number of anilines is 1. The zero-order chi connectivity index (χ0) is 11.7.